The van der Waals surface area contributed by atoms with Crippen molar-refractivity contribution >= 4 is 17.7 Å². The average Bonchev–Trinajstić information content (AvgIpc) is 2.36. The number of benzene rings is 1. The number of thioether (sulfide) groups is 1. The fourth-order valence-corrected chi connectivity index (χ4v) is 2.02. The number of amides is 1. The van der Waals surface area contributed by atoms with Crippen LogP contribution in [0.3, 0.4) is 0 Å². The van der Waals surface area contributed by atoms with Crippen molar-refractivity contribution in [3.8, 4) is 0 Å². The monoisotopic (exact) mass is 270 g/mol. The second-order valence-electron chi connectivity index (χ2n) is 4.17. The van der Waals surface area contributed by atoms with Crippen LogP contribution in [0.2, 0.25) is 0 Å². The van der Waals surface area contributed by atoms with Crippen LogP contribution in [0.4, 0.5) is 4.39 Å². The van der Waals surface area contributed by atoms with Gasteiger partial charge in [0.2, 0.25) is 5.91 Å². The molecule has 0 unspecified atom stereocenters. The molecule has 0 aliphatic heterocycles. The average molecular weight is 270 g/mol. The lowest BCUT2D eigenvalue weighted by Crippen LogP contribution is -2.41. The van der Waals surface area contributed by atoms with Crippen molar-refractivity contribution in [3.63, 3.8) is 0 Å². The molecule has 18 heavy (non-hydrogen) atoms. The van der Waals surface area contributed by atoms with Crippen molar-refractivity contribution < 1.29 is 9.18 Å². The summed E-state index contributed by atoms with van der Waals surface area (Å²) in [7, 11) is 0. The number of carbonyl (C=O) groups excluding carboxylic acids is 1. The second kappa shape index (κ2) is 7.38. The first kappa shape index (κ1) is 15.0. The Kier molecular flexibility index (Phi) is 6.15. The molecule has 2 atom stereocenters. The van der Waals surface area contributed by atoms with Gasteiger partial charge in [-0.1, -0.05) is 12.1 Å². The van der Waals surface area contributed by atoms with Gasteiger partial charge in [-0.15, -0.1) is 0 Å². The van der Waals surface area contributed by atoms with Crippen LogP contribution in [0, 0.1) is 5.82 Å². The SMILES string of the molecule is CSCC[C@H](N)C(=O)N[C@@H](C)c1ccc(F)cc1. The van der Waals surface area contributed by atoms with Crippen LogP contribution in [-0.2, 0) is 4.79 Å². The fourth-order valence-electron chi connectivity index (χ4n) is 1.53. The normalized spacial score (nSPS) is 14.0. The maximum absolute atomic E-state index is 12.8. The van der Waals surface area contributed by atoms with E-state index in [0.29, 0.717) is 6.42 Å². The summed E-state index contributed by atoms with van der Waals surface area (Å²) in [6.07, 6.45) is 2.63. The van der Waals surface area contributed by atoms with E-state index in [1.165, 1.54) is 12.1 Å². The molecule has 5 heteroatoms. The van der Waals surface area contributed by atoms with Gasteiger partial charge in [0.05, 0.1) is 12.1 Å². The minimum Gasteiger partial charge on any atom is -0.348 e. The van der Waals surface area contributed by atoms with Crippen LogP contribution in [0.1, 0.15) is 24.9 Å². The zero-order valence-corrected chi connectivity index (χ0v) is 11.5. The maximum Gasteiger partial charge on any atom is 0.237 e. The summed E-state index contributed by atoms with van der Waals surface area (Å²) in [6, 6.07) is 5.43. The Morgan fingerprint density at radius 3 is 2.61 bits per heavy atom. The van der Waals surface area contributed by atoms with Crippen molar-refractivity contribution in [3.05, 3.63) is 35.6 Å². The number of halogens is 1. The summed E-state index contributed by atoms with van der Waals surface area (Å²) >= 11 is 1.66. The third kappa shape index (κ3) is 4.66. The van der Waals surface area contributed by atoms with Gasteiger partial charge in [-0.2, -0.15) is 11.8 Å². The highest BCUT2D eigenvalue weighted by atomic mass is 32.2. The van der Waals surface area contributed by atoms with Crippen molar-refractivity contribution in [1.29, 1.82) is 0 Å². The smallest absolute Gasteiger partial charge is 0.237 e. The van der Waals surface area contributed by atoms with Gasteiger partial charge in [0.15, 0.2) is 0 Å². The van der Waals surface area contributed by atoms with Crippen LogP contribution in [0.25, 0.3) is 0 Å². The van der Waals surface area contributed by atoms with Crippen LogP contribution in [-0.4, -0.2) is 24.0 Å². The van der Waals surface area contributed by atoms with Crippen molar-refractivity contribution in [2.75, 3.05) is 12.0 Å². The highest BCUT2D eigenvalue weighted by Crippen LogP contribution is 2.13. The maximum atomic E-state index is 12.8. The molecule has 1 aromatic rings. The van der Waals surface area contributed by atoms with E-state index in [1.54, 1.807) is 23.9 Å². The number of carbonyl (C=O) groups is 1. The molecule has 0 aromatic heterocycles. The number of nitrogens with two attached hydrogens (primary N) is 1. The standard InChI is InChI=1S/C13H19FN2OS/c1-9(10-3-5-11(14)6-4-10)16-13(17)12(15)7-8-18-2/h3-6,9,12H,7-8,15H2,1-2H3,(H,16,17)/t9-,12-/m0/s1. The van der Waals surface area contributed by atoms with Gasteiger partial charge in [0.25, 0.3) is 0 Å². The van der Waals surface area contributed by atoms with Crippen LogP contribution in [0.15, 0.2) is 24.3 Å². The molecular weight excluding hydrogens is 251 g/mol. The van der Waals surface area contributed by atoms with Crippen molar-refractivity contribution in [2.45, 2.75) is 25.4 Å². The topological polar surface area (TPSA) is 55.1 Å². The largest absolute Gasteiger partial charge is 0.348 e. The van der Waals surface area contributed by atoms with E-state index < -0.39 is 6.04 Å². The zero-order chi connectivity index (χ0) is 13.5. The summed E-state index contributed by atoms with van der Waals surface area (Å²) in [5.41, 5.74) is 6.63. The number of hydrogen-bond donors (Lipinski definition) is 2. The molecule has 0 spiro atoms. The van der Waals surface area contributed by atoms with E-state index in [0.717, 1.165) is 11.3 Å². The first-order valence-electron chi connectivity index (χ1n) is 5.85. The van der Waals surface area contributed by atoms with Gasteiger partial charge in [-0.25, -0.2) is 4.39 Å². The van der Waals surface area contributed by atoms with Gasteiger partial charge in [-0.3, -0.25) is 4.79 Å². The first-order chi connectivity index (χ1) is 8.54. The Morgan fingerprint density at radius 1 is 1.44 bits per heavy atom. The van der Waals surface area contributed by atoms with Crippen LogP contribution in [0.5, 0.6) is 0 Å². The Hall–Kier alpha value is -1.07. The summed E-state index contributed by atoms with van der Waals surface area (Å²) in [5, 5.41) is 2.83. The molecule has 0 bridgehead atoms. The lowest BCUT2D eigenvalue weighted by Gasteiger charge is -2.17. The van der Waals surface area contributed by atoms with E-state index in [9.17, 15) is 9.18 Å². The predicted molar refractivity (Wildman–Crippen MR) is 73.9 cm³/mol. The molecule has 100 valence electrons. The molecule has 0 radical (unpaired) electrons. The molecule has 3 nitrogen and oxygen atoms in total. The number of rotatable bonds is 6. The van der Waals surface area contributed by atoms with Crippen LogP contribution >= 0.6 is 11.8 Å². The lowest BCUT2D eigenvalue weighted by molar-refractivity contribution is -0.123. The van der Waals surface area contributed by atoms with E-state index in [4.69, 9.17) is 5.73 Å². The molecule has 1 rings (SSSR count). The van der Waals surface area contributed by atoms with E-state index in [1.807, 2.05) is 13.2 Å². The van der Waals surface area contributed by atoms with Gasteiger partial charge >= 0.3 is 0 Å². The molecule has 0 aliphatic rings. The molecule has 0 saturated carbocycles. The highest BCUT2D eigenvalue weighted by Gasteiger charge is 2.16. The minimum atomic E-state index is -0.486. The van der Waals surface area contributed by atoms with Crippen molar-refractivity contribution in [2.24, 2.45) is 5.73 Å². The summed E-state index contributed by atoms with van der Waals surface area (Å²) in [4.78, 5) is 11.8. The predicted octanol–water partition coefficient (Wildman–Crippen LogP) is 2.08. The molecule has 1 aromatic carbocycles. The van der Waals surface area contributed by atoms with Crippen molar-refractivity contribution in [1.82, 2.24) is 5.32 Å². The quantitative estimate of drug-likeness (QED) is 0.832. The Morgan fingerprint density at radius 2 is 2.06 bits per heavy atom. The molecule has 0 fully saturated rings. The van der Waals surface area contributed by atoms with Gasteiger partial charge in [0, 0.05) is 0 Å². The Bertz CT molecular complexity index is 383. The molecule has 3 N–H and O–H groups in total. The molecule has 0 heterocycles. The van der Waals surface area contributed by atoms with Gasteiger partial charge < -0.3 is 11.1 Å². The number of nitrogens with one attached hydrogen (secondary N) is 1. The summed E-state index contributed by atoms with van der Waals surface area (Å²) in [5.74, 6) is 0.411. The summed E-state index contributed by atoms with van der Waals surface area (Å²) < 4.78 is 12.8. The summed E-state index contributed by atoms with van der Waals surface area (Å²) in [6.45, 7) is 1.85. The highest BCUT2D eigenvalue weighted by molar-refractivity contribution is 7.98. The Balaban J connectivity index is 2.51. The Labute approximate surface area is 111 Å². The van der Waals surface area contributed by atoms with Gasteiger partial charge in [0.1, 0.15) is 5.82 Å². The molecular formula is C13H19FN2OS. The molecule has 1 amide bonds. The van der Waals surface area contributed by atoms with Crippen LogP contribution < -0.4 is 11.1 Å². The fraction of sp³-hybridized carbons (Fsp3) is 0.462. The minimum absolute atomic E-state index is 0.166. The number of hydrogen-bond acceptors (Lipinski definition) is 3. The van der Waals surface area contributed by atoms with E-state index >= 15 is 0 Å². The van der Waals surface area contributed by atoms with Gasteiger partial charge in [-0.05, 0) is 43.0 Å². The second-order valence-corrected chi connectivity index (χ2v) is 5.16. The van der Waals surface area contributed by atoms with E-state index in [2.05, 4.69) is 5.32 Å². The third-order valence-corrected chi connectivity index (χ3v) is 3.34. The lowest BCUT2D eigenvalue weighted by atomic mass is 10.1. The molecule has 0 aliphatic carbocycles. The first-order valence-corrected chi connectivity index (χ1v) is 7.24. The third-order valence-electron chi connectivity index (χ3n) is 2.70. The molecule has 0 saturated heterocycles. The zero-order valence-electron chi connectivity index (χ0n) is 10.7. The van der Waals surface area contributed by atoms with E-state index in [-0.39, 0.29) is 17.8 Å².